The van der Waals surface area contributed by atoms with Gasteiger partial charge in [0.15, 0.2) is 0 Å². The van der Waals surface area contributed by atoms with E-state index in [0.29, 0.717) is 11.6 Å². The average Bonchev–Trinajstić information content (AvgIpc) is 2.32. The fourth-order valence-electron chi connectivity index (χ4n) is 1.40. The fourth-order valence-corrected chi connectivity index (χ4v) is 1.66. The highest BCUT2D eigenvalue weighted by atomic mass is 79.9. The van der Waals surface area contributed by atoms with E-state index in [9.17, 15) is 4.79 Å². The highest BCUT2D eigenvalue weighted by Gasteiger charge is 2.09. The molecule has 1 aromatic carbocycles. The first-order valence-corrected chi connectivity index (χ1v) is 5.95. The zero-order valence-electron chi connectivity index (χ0n) is 9.51. The van der Waals surface area contributed by atoms with Crippen LogP contribution in [0.15, 0.2) is 34.9 Å². The van der Waals surface area contributed by atoms with Gasteiger partial charge >= 0.3 is 5.97 Å². The highest BCUT2D eigenvalue weighted by molar-refractivity contribution is 9.10. The van der Waals surface area contributed by atoms with Crippen LogP contribution in [0.1, 0.15) is 16.1 Å². The summed E-state index contributed by atoms with van der Waals surface area (Å²) in [4.78, 5) is 18.9. The highest BCUT2D eigenvalue weighted by Crippen LogP contribution is 2.17. The van der Waals surface area contributed by atoms with E-state index < -0.39 is 5.97 Å². The molecule has 0 spiro atoms. The van der Waals surface area contributed by atoms with Gasteiger partial charge in [0.05, 0.1) is 11.3 Å². The maximum absolute atomic E-state index is 10.8. The van der Waals surface area contributed by atoms with Crippen molar-refractivity contribution in [3.63, 3.8) is 0 Å². The van der Waals surface area contributed by atoms with Gasteiger partial charge in [0.1, 0.15) is 0 Å². The quantitative estimate of drug-likeness (QED) is 0.911. The van der Waals surface area contributed by atoms with Gasteiger partial charge in [-0.25, -0.2) is 14.8 Å². The van der Waals surface area contributed by atoms with Gasteiger partial charge in [-0.15, -0.1) is 0 Å². The molecule has 1 aromatic heterocycles. The minimum atomic E-state index is -1.03. The van der Waals surface area contributed by atoms with E-state index in [1.54, 1.807) is 6.92 Å². The first-order valence-electron chi connectivity index (χ1n) is 5.16. The first-order chi connectivity index (χ1) is 8.56. The summed E-state index contributed by atoms with van der Waals surface area (Å²) < 4.78 is 0.978. The van der Waals surface area contributed by atoms with Crippen LogP contribution in [0.4, 0.5) is 11.6 Å². The maximum atomic E-state index is 10.8. The Kier molecular flexibility index (Phi) is 3.57. The van der Waals surface area contributed by atoms with Crippen LogP contribution in [-0.2, 0) is 0 Å². The number of aromatic nitrogens is 2. The number of benzene rings is 1. The molecule has 2 rings (SSSR count). The Bertz CT molecular complexity index is 584. The fraction of sp³-hybridized carbons (Fsp3) is 0.0833. The minimum absolute atomic E-state index is 0.108. The third-order valence-electron chi connectivity index (χ3n) is 2.31. The number of carbonyl (C=O) groups is 1. The molecule has 0 aliphatic heterocycles. The predicted molar refractivity (Wildman–Crippen MR) is 71.2 cm³/mol. The Morgan fingerprint density at radius 2 is 2.00 bits per heavy atom. The summed E-state index contributed by atoms with van der Waals surface area (Å²) in [5, 5.41) is 11.9. The molecule has 2 aromatic rings. The molecular weight excluding hydrogens is 298 g/mol. The number of nitrogens with one attached hydrogen (secondary N) is 1. The molecule has 0 unspecified atom stereocenters. The zero-order valence-corrected chi connectivity index (χ0v) is 11.1. The van der Waals surface area contributed by atoms with Gasteiger partial charge < -0.3 is 10.4 Å². The van der Waals surface area contributed by atoms with Crippen LogP contribution in [0.5, 0.6) is 0 Å². The van der Waals surface area contributed by atoms with E-state index >= 15 is 0 Å². The molecule has 0 saturated carbocycles. The molecule has 0 fully saturated rings. The van der Waals surface area contributed by atoms with E-state index in [-0.39, 0.29) is 5.56 Å². The van der Waals surface area contributed by atoms with Gasteiger partial charge in [0, 0.05) is 16.4 Å². The smallest absolute Gasteiger partial charge is 0.339 e. The summed E-state index contributed by atoms with van der Waals surface area (Å²) in [5.74, 6) is -0.650. The van der Waals surface area contributed by atoms with Crippen LogP contribution in [0.3, 0.4) is 0 Å². The third kappa shape index (κ3) is 2.84. The van der Waals surface area contributed by atoms with Gasteiger partial charge in [-0.3, -0.25) is 0 Å². The van der Waals surface area contributed by atoms with Gasteiger partial charge in [-0.1, -0.05) is 15.9 Å². The molecule has 0 saturated heterocycles. The van der Waals surface area contributed by atoms with Gasteiger partial charge in [0.2, 0.25) is 5.95 Å². The zero-order chi connectivity index (χ0) is 13.1. The van der Waals surface area contributed by atoms with E-state index in [2.05, 4.69) is 31.2 Å². The average molecular weight is 308 g/mol. The predicted octanol–water partition coefficient (Wildman–Crippen LogP) is 2.99. The van der Waals surface area contributed by atoms with Crippen LogP contribution < -0.4 is 5.32 Å². The number of nitrogens with zero attached hydrogens (tertiary/aromatic N) is 2. The molecule has 0 atom stereocenters. The van der Waals surface area contributed by atoms with E-state index in [4.69, 9.17) is 5.11 Å². The standard InChI is InChI=1S/C12H10BrN3O2/c1-7-10(11(17)18)6-14-12(15-7)16-9-4-2-8(13)3-5-9/h2-6H,1H3,(H,17,18)(H,14,15,16). The Balaban J connectivity index is 2.22. The monoisotopic (exact) mass is 307 g/mol. The lowest BCUT2D eigenvalue weighted by Crippen LogP contribution is -2.05. The van der Waals surface area contributed by atoms with Crippen molar-refractivity contribution in [2.24, 2.45) is 0 Å². The number of carboxylic acids is 1. The normalized spacial score (nSPS) is 10.1. The third-order valence-corrected chi connectivity index (χ3v) is 2.84. The maximum Gasteiger partial charge on any atom is 0.339 e. The van der Waals surface area contributed by atoms with Gasteiger partial charge in [-0.2, -0.15) is 0 Å². The Labute approximate surface area is 112 Å². The van der Waals surface area contributed by atoms with Crippen LogP contribution in [0, 0.1) is 6.92 Å². The van der Waals surface area contributed by atoms with Crippen LogP contribution in [0.2, 0.25) is 0 Å². The Hall–Kier alpha value is -1.95. The molecule has 92 valence electrons. The van der Waals surface area contributed by atoms with E-state index in [1.807, 2.05) is 24.3 Å². The van der Waals surface area contributed by atoms with Crippen LogP contribution >= 0.6 is 15.9 Å². The van der Waals surface area contributed by atoms with Gasteiger partial charge in [0.25, 0.3) is 0 Å². The Morgan fingerprint density at radius 1 is 1.33 bits per heavy atom. The van der Waals surface area contributed by atoms with Crippen LogP contribution in [-0.4, -0.2) is 21.0 Å². The molecular formula is C12H10BrN3O2. The van der Waals surface area contributed by atoms with Crippen molar-refractivity contribution in [3.05, 3.63) is 46.2 Å². The van der Waals surface area contributed by atoms with Crippen molar-refractivity contribution in [2.45, 2.75) is 6.92 Å². The lowest BCUT2D eigenvalue weighted by atomic mass is 10.2. The SMILES string of the molecule is Cc1nc(Nc2ccc(Br)cc2)ncc1C(=O)O. The Morgan fingerprint density at radius 3 is 2.56 bits per heavy atom. The number of carboxylic acid groups (broad SMARTS) is 1. The number of anilines is 2. The summed E-state index contributed by atoms with van der Waals surface area (Å²) in [6.45, 7) is 1.64. The van der Waals surface area contributed by atoms with Crippen molar-refractivity contribution in [1.82, 2.24) is 9.97 Å². The topological polar surface area (TPSA) is 75.1 Å². The summed E-state index contributed by atoms with van der Waals surface area (Å²) in [6, 6.07) is 7.52. The van der Waals surface area contributed by atoms with Crippen molar-refractivity contribution in [1.29, 1.82) is 0 Å². The van der Waals surface area contributed by atoms with Gasteiger partial charge in [-0.05, 0) is 31.2 Å². The second-order valence-electron chi connectivity index (χ2n) is 3.63. The summed E-state index contributed by atoms with van der Waals surface area (Å²) in [7, 11) is 0. The molecule has 0 radical (unpaired) electrons. The molecule has 5 nitrogen and oxygen atoms in total. The van der Waals surface area contributed by atoms with Crippen molar-refractivity contribution < 1.29 is 9.90 Å². The number of hydrogen-bond acceptors (Lipinski definition) is 4. The first kappa shape index (κ1) is 12.5. The summed E-state index contributed by atoms with van der Waals surface area (Å²) >= 11 is 3.34. The van der Waals surface area contributed by atoms with E-state index in [1.165, 1.54) is 6.20 Å². The number of aromatic carboxylic acids is 1. The minimum Gasteiger partial charge on any atom is -0.478 e. The van der Waals surface area contributed by atoms with Crippen LogP contribution in [0.25, 0.3) is 0 Å². The number of aryl methyl sites for hydroxylation is 1. The van der Waals surface area contributed by atoms with Crippen molar-refractivity contribution in [2.75, 3.05) is 5.32 Å². The lowest BCUT2D eigenvalue weighted by Gasteiger charge is -2.06. The molecule has 18 heavy (non-hydrogen) atoms. The molecule has 0 bridgehead atoms. The molecule has 0 aliphatic rings. The second-order valence-corrected chi connectivity index (χ2v) is 4.55. The number of rotatable bonds is 3. The molecule has 0 aliphatic carbocycles. The molecule has 6 heteroatoms. The molecule has 1 heterocycles. The lowest BCUT2D eigenvalue weighted by molar-refractivity contribution is 0.0695. The largest absolute Gasteiger partial charge is 0.478 e. The second kappa shape index (κ2) is 5.14. The van der Waals surface area contributed by atoms with Crippen molar-refractivity contribution in [3.8, 4) is 0 Å². The molecule has 0 amide bonds. The van der Waals surface area contributed by atoms with E-state index in [0.717, 1.165) is 10.2 Å². The number of hydrogen-bond donors (Lipinski definition) is 2. The summed E-state index contributed by atoms with van der Waals surface area (Å²) in [6.07, 6.45) is 1.30. The van der Waals surface area contributed by atoms with Crippen molar-refractivity contribution >= 4 is 33.5 Å². The number of halogens is 1. The summed E-state index contributed by atoms with van der Waals surface area (Å²) in [5.41, 5.74) is 1.37. The molecule has 2 N–H and O–H groups in total.